The van der Waals surface area contributed by atoms with Crippen molar-refractivity contribution in [1.82, 2.24) is 4.98 Å². The van der Waals surface area contributed by atoms with Gasteiger partial charge in [0.15, 0.2) is 11.5 Å². The molecule has 3 aromatic rings. The third-order valence-electron chi connectivity index (χ3n) is 4.57. The van der Waals surface area contributed by atoms with Gasteiger partial charge in [-0.3, -0.25) is 4.79 Å². The van der Waals surface area contributed by atoms with E-state index in [-0.39, 0.29) is 52.6 Å². The van der Waals surface area contributed by atoms with Gasteiger partial charge < -0.3 is 19.9 Å². The number of benzene rings is 2. The van der Waals surface area contributed by atoms with Crippen LogP contribution in [0.25, 0.3) is 0 Å². The Morgan fingerprint density at radius 2 is 1.69 bits per heavy atom. The number of aromatic nitrogens is 1. The van der Waals surface area contributed by atoms with Gasteiger partial charge in [0.25, 0.3) is 5.91 Å². The second-order valence-electron chi connectivity index (χ2n) is 7.10. The Bertz CT molecular complexity index is 1160. The number of rotatable bonds is 8. The van der Waals surface area contributed by atoms with Crippen molar-refractivity contribution >= 4 is 22.2 Å². The standard InChI is InChI=1S/C22H18F6N2O4S/c1-33-16-3-2-13(9-17(16)34-5-4-31)20(32)30-19-11-29-18(35-19)8-12-6-14(21(23,24)25)10-15(7-12)22(26,27)28/h2-3,6-7,9-11,31H,4-5,8H2,1H3,(H,30,32). The smallest absolute Gasteiger partial charge is 0.416 e. The Kier molecular flexibility index (Phi) is 7.90. The number of aliphatic hydroxyl groups excluding tert-OH is 1. The number of hydrogen-bond donors (Lipinski definition) is 2. The van der Waals surface area contributed by atoms with Crippen molar-refractivity contribution in [3.63, 3.8) is 0 Å². The molecule has 13 heteroatoms. The number of thiazole rings is 1. The minimum atomic E-state index is -4.95. The van der Waals surface area contributed by atoms with Crippen molar-refractivity contribution in [2.24, 2.45) is 0 Å². The molecule has 0 spiro atoms. The summed E-state index contributed by atoms with van der Waals surface area (Å²) in [5.41, 5.74) is -2.86. The van der Waals surface area contributed by atoms with E-state index in [1.165, 1.54) is 31.5 Å². The second-order valence-corrected chi connectivity index (χ2v) is 8.22. The summed E-state index contributed by atoms with van der Waals surface area (Å²) in [6.07, 6.45) is -8.94. The van der Waals surface area contributed by atoms with E-state index in [2.05, 4.69) is 10.3 Å². The van der Waals surface area contributed by atoms with Gasteiger partial charge in [-0.1, -0.05) is 0 Å². The fourth-order valence-corrected chi connectivity index (χ4v) is 3.86. The van der Waals surface area contributed by atoms with Gasteiger partial charge in [-0.15, -0.1) is 11.3 Å². The molecule has 1 heterocycles. The number of nitrogens with one attached hydrogen (secondary N) is 1. The first-order chi connectivity index (χ1) is 16.4. The number of hydrogen-bond acceptors (Lipinski definition) is 6. The first-order valence-corrected chi connectivity index (χ1v) is 10.7. The largest absolute Gasteiger partial charge is 0.493 e. The molecule has 1 aromatic heterocycles. The molecular formula is C22H18F6N2O4S. The van der Waals surface area contributed by atoms with Gasteiger partial charge >= 0.3 is 12.4 Å². The summed E-state index contributed by atoms with van der Waals surface area (Å²) >= 11 is 0.909. The number of halogens is 6. The normalized spacial score (nSPS) is 11.9. The van der Waals surface area contributed by atoms with Crippen molar-refractivity contribution in [3.05, 3.63) is 69.9 Å². The van der Waals surface area contributed by atoms with Gasteiger partial charge in [-0.05, 0) is 42.0 Å². The lowest BCUT2D eigenvalue weighted by Crippen LogP contribution is -2.12. The van der Waals surface area contributed by atoms with Gasteiger partial charge in [-0.2, -0.15) is 26.3 Å². The molecule has 3 rings (SSSR count). The number of carbonyl (C=O) groups excluding carboxylic acids is 1. The Labute approximate surface area is 199 Å². The average molecular weight is 520 g/mol. The van der Waals surface area contributed by atoms with Crippen LogP contribution in [0.15, 0.2) is 42.6 Å². The van der Waals surface area contributed by atoms with Crippen molar-refractivity contribution < 1.29 is 45.7 Å². The number of aliphatic hydroxyl groups is 1. The predicted octanol–water partition coefficient (Wildman–Crippen LogP) is 5.40. The van der Waals surface area contributed by atoms with E-state index in [0.717, 1.165) is 11.3 Å². The number of amides is 1. The molecule has 0 fully saturated rings. The maximum atomic E-state index is 13.1. The highest BCUT2D eigenvalue weighted by atomic mass is 32.1. The second kappa shape index (κ2) is 10.5. The maximum absolute atomic E-state index is 13.1. The highest BCUT2D eigenvalue weighted by Crippen LogP contribution is 2.37. The first-order valence-electron chi connectivity index (χ1n) is 9.87. The molecule has 0 unspecified atom stereocenters. The van der Waals surface area contributed by atoms with E-state index in [9.17, 15) is 31.1 Å². The fraction of sp³-hybridized carbons (Fsp3) is 0.273. The van der Waals surface area contributed by atoms with Crippen LogP contribution in [0.1, 0.15) is 32.1 Å². The van der Waals surface area contributed by atoms with Crippen molar-refractivity contribution in [2.75, 3.05) is 25.6 Å². The molecule has 188 valence electrons. The highest BCUT2D eigenvalue weighted by molar-refractivity contribution is 7.15. The van der Waals surface area contributed by atoms with E-state index < -0.39 is 29.4 Å². The number of methoxy groups -OCH3 is 1. The number of alkyl halides is 6. The molecule has 0 bridgehead atoms. The van der Waals surface area contributed by atoms with E-state index in [0.29, 0.717) is 17.9 Å². The number of carbonyl (C=O) groups is 1. The van der Waals surface area contributed by atoms with Crippen LogP contribution in [0.2, 0.25) is 0 Å². The monoisotopic (exact) mass is 520 g/mol. The van der Waals surface area contributed by atoms with Crippen LogP contribution in [0.4, 0.5) is 31.3 Å². The van der Waals surface area contributed by atoms with Crippen LogP contribution in [-0.4, -0.2) is 36.3 Å². The van der Waals surface area contributed by atoms with Gasteiger partial charge in [0.05, 0.1) is 36.0 Å². The molecule has 0 aliphatic carbocycles. The molecule has 0 aliphatic rings. The third-order valence-corrected chi connectivity index (χ3v) is 5.48. The quantitative estimate of drug-likeness (QED) is 0.389. The minimum absolute atomic E-state index is 0.0226. The average Bonchev–Trinajstić information content (AvgIpc) is 3.22. The Balaban J connectivity index is 1.78. The summed E-state index contributed by atoms with van der Waals surface area (Å²) in [5, 5.41) is 11.9. The predicted molar refractivity (Wildman–Crippen MR) is 115 cm³/mol. The molecule has 0 atom stereocenters. The van der Waals surface area contributed by atoms with Crippen LogP contribution in [0, 0.1) is 0 Å². The molecule has 2 aromatic carbocycles. The minimum Gasteiger partial charge on any atom is -0.493 e. The molecule has 0 aliphatic heterocycles. The van der Waals surface area contributed by atoms with Crippen molar-refractivity contribution in [2.45, 2.75) is 18.8 Å². The summed E-state index contributed by atoms with van der Waals surface area (Å²) in [4.78, 5) is 16.6. The molecular weight excluding hydrogens is 502 g/mol. The Hall–Kier alpha value is -3.32. The van der Waals surface area contributed by atoms with Crippen molar-refractivity contribution in [1.29, 1.82) is 0 Å². The summed E-state index contributed by atoms with van der Waals surface area (Å²) in [6.45, 7) is -0.273. The molecule has 1 amide bonds. The lowest BCUT2D eigenvalue weighted by atomic mass is 10.0. The van der Waals surface area contributed by atoms with Gasteiger partial charge in [0.2, 0.25) is 0 Å². The summed E-state index contributed by atoms with van der Waals surface area (Å²) in [7, 11) is 1.40. The van der Waals surface area contributed by atoms with Gasteiger partial charge in [0, 0.05) is 12.0 Å². The topological polar surface area (TPSA) is 80.7 Å². The zero-order chi connectivity index (χ0) is 25.8. The van der Waals surface area contributed by atoms with Crippen LogP contribution in [-0.2, 0) is 18.8 Å². The highest BCUT2D eigenvalue weighted by Gasteiger charge is 2.36. The fourth-order valence-electron chi connectivity index (χ4n) is 3.02. The molecule has 6 nitrogen and oxygen atoms in total. The maximum Gasteiger partial charge on any atom is 0.416 e. The van der Waals surface area contributed by atoms with E-state index in [4.69, 9.17) is 14.6 Å². The third kappa shape index (κ3) is 6.85. The van der Waals surface area contributed by atoms with E-state index in [1.807, 2.05) is 0 Å². The molecule has 0 radical (unpaired) electrons. The lowest BCUT2D eigenvalue weighted by molar-refractivity contribution is -0.143. The van der Waals surface area contributed by atoms with Crippen LogP contribution in [0.5, 0.6) is 11.5 Å². The first kappa shape index (κ1) is 26.3. The van der Waals surface area contributed by atoms with Crippen LogP contribution in [0.3, 0.4) is 0 Å². The van der Waals surface area contributed by atoms with Gasteiger partial charge in [-0.25, -0.2) is 4.98 Å². The SMILES string of the molecule is COc1ccc(C(=O)Nc2cnc(Cc3cc(C(F)(F)F)cc(C(F)(F)F)c3)s2)cc1OCCO. The molecule has 0 saturated carbocycles. The summed E-state index contributed by atoms with van der Waals surface area (Å²) < 4.78 is 88.9. The van der Waals surface area contributed by atoms with E-state index >= 15 is 0 Å². The number of anilines is 1. The zero-order valence-electron chi connectivity index (χ0n) is 18.0. The summed E-state index contributed by atoms with van der Waals surface area (Å²) in [6, 6.07) is 5.69. The molecule has 2 N–H and O–H groups in total. The number of ether oxygens (including phenoxy) is 2. The molecule has 35 heavy (non-hydrogen) atoms. The zero-order valence-corrected chi connectivity index (χ0v) is 18.8. The molecule has 0 saturated heterocycles. The van der Waals surface area contributed by atoms with Crippen LogP contribution < -0.4 is 14.8 Å². The Morgan fingerprint density at radius 3 is 2.26 bits per heavy atom. The van der Waals surface area contributed by atoms with Crippen LogP contribution >= 0.6 is 11.3 Å². The van der Waals surface area contributed by atoms with E-state index in [1.54, 1.807) is 0 Å². The van der Waals surface area contributed by atoms with Gasteiger partial charge in [0.1, 0.15) is 11.6 Å². The lowest BCUT2D eigenvalue weighted by Gasteiger charge is -2.13. The van der Waals surface area contributed by atoms with Crippen molar-refractivity contribution in [3.8, 4) is 11.5 Å². The Morgan fingerprint density at radius 1 is 1.03 bits per heavy atom. The summed E-state index contributed by atoms with van der Waals surface area (Å²) in [5.74, 6) is 0.00808. The number of nitrogens with zero attached hydrogens (tertiary/aromatic N) is 1.